The van der Waals surface area contributed by atoms with E-state index in [1.807, 2.05) is 0 Å². The third kappa shape index (κ3) is 1.92. The predicted molar refractivity (Wildman–Crippen MR) is 59.4 cm³/mol. The number of benzene rings is 1. The molecule has 0 spiro atoms. The third-order valence-corrected chi connectivity index (χ3v) is 3.83. The van der Waals surface area contributed by atoms with Crippen LogP contribution in [0.4, 0.5) is 0 Å². The largest absolute Gasteiger partial charge is 0.441 e. The summed E-state index contributed by atoms with van der Waals surface area (Å²) in [6.45, 7) is 0. The lowest BCUT2D eigenvalue weighted by Gasteiger charge is -2.12. The number of ether oxygens (including phenoxy) is 1. The summed E-state index contributed by atoms with van der Waals surface area (Å²) >= 11 is 8.93. The Morgan fingerprint density at radius 3 is 2.62 bits per heavy atom. The molecule has 86 valence electrons. The van der Waals surface area contributed by atoms with Crippen LogP contribution in [0.25, 0.3) is 0 Å². The number of carbonyl (C=O) groups excluding carboxylic acids is 1. The van der Waals surface area contributed by atoms with Crippen molar-refractivity contribution in [2.45, 2.75) is 5.85 Å². The van der Waals surface area contributed by atoms with Crippen LogP contribution in [-0.4, -0.2) is 15.8 Å². The Balaban J connectivity index is 2.67. The monoisotopic (exact) mass is 326 g/mol. The second-order valence-corrected chi connectivity index (χ2v) is 6.17. The summed E-state index contributed by atoms with van der Waals surface area (Å²) in [4.78, 5) is 29.5. The second-order valence-electron chi connectivity index (χ2n) is 3.20. The van der Waals surface area contributed by atoms with Gasteiger partial charge in [-0.2, -0.15) is 0 Å². The lowest BCUT2D eigenvalue weighted by Crippen LogP contribution is -1.99. The van der Waals surface area contributed by atoms with Gasteiger partial charge in [0, 0.05) is 10.0 Å². The third-order valence-electron chi connectivity index (χ3n) is 2.08. The van der Waals surface area contributed by atoms with Crippen LogP contribution in [0.2, 0.25) is 5.02 Å². The molecule has 1 unspecified atom stereocenters. The molecule has 1 atom stereocenters. The van der Waals surface area contributed by atoms with Crippen LogP contribution in [0.1, 0.15) is 21.8 Å². The molecule has 2 N–H and O–H groups in total. The summed E-state index contributed by atoms with van der Waals surface area (Å²) in [5, 5.41) is 0.102. The maximum atomic E-state index is 11.4. The Morgan fingerprint density at radius 1 is 1.44 bits per heavy atom. The summed E-state index contributed by atoms with van der Waals surface area (Å²) < 4.78 is 16.3. The number of hydrogen-bond donors (Lipinski definition) is 2. The Morgan fingerprint density at radius 2 is 2.06 bits per heavy atom. The van der Waals surface area contributed by atoms with Gasteiger partial charge in [-0.3, -0.25) is 4.57 Å². The Bertz CT molecular complexity index is 525. The van der Waals surface area contributed by atoms with Crippen molar-refractivity contribution in [2.24, 2.45) is 0 Å². The first-order chi connectivity index (χ1) is 7.30. The predicted octanol–water partition coefficient (Wildman–Crippen LogP) is 2.45. The van der Waals surface area contributed by atoms with E-state index >= 15 is 0 Å². The van der Waals surface area contributed by atoms with Crippen LogP contribution in [0, 0.1) is 0 Å². The van der Waals surface area contributed by atoms with E-state index in [0.717, 1.165) is 0 Å². The van der Waals surface area contributed by atoms with E-state index in [2.05, 4.69) is 20.7 Å². The summed E-state index contributed by atoms with van der Waals surface area (Å²) in [5.41, 5.74) is 0.121. The zero-order valence-corrected chi connectivity index (χ0v) is 10.8. The Kier molecular flexibility index (Phi) is 2.88. The number of esters is 1. The van der Waals surface area contributed by atoms with E-state index in [1.54, 1.807) is 0 Å². The average molecular weight is 327 g/mol. The minimum atomic E-state index is -4.55. The van der Waals surface area contributed by atoms with Gasteiger partial charge in [-0.05, 0) is 12.1 Å². The van der Waals surface area contributed by atoms with Gasteiger partial charge >= 0.3 is 13.6 Å². The van der Waals surface area contributed by atoms with Crippen molar-refractivity contribution in [3.8, 4) is 0 Å². The van der Waals surface area contributed by atoms with Gasteiger partial charge in [-0.15, -0.1) is 0 Å². The van der Waals surface area contributed by atoms with Crippen molar-refractivity contribution >= 4 is 41.1 Å². The van der Waals surface area contributed by atoms with Crippen LogP contribution in [0.15, 0.2) is 16.6 Å². The highest BCUT2D eigenvalue weighted by Crippen LogP contribution is 2.57. The average Bonchev–Trinajstić information content (AvgIpc) is 2.41. The summed E-state index contributed by atoms with van der Waals surface area (Å²) in [6, 6.07) is 2.87. The fraction of sp³-hybridized carbons (Fsp3) is 0.125. The van der Waals surface area contributed by atoms with Gasteiger partial charge in [-0.25, -0.2) is 4.79 Å². The highest BCUT2D eigenvalue weighted by atomic mass is 79.9. The number of halogens is 2. The molecule has 8 heteroatoms. The summed E-state index contributed by atoms with van der Waals surface area (Å²) in [7, 11) is -4.55. The van der Waals surface area contributed by atoms with Gasteiger partial charge in [0.25, 0.3) is 0 Å². The van der Waals surface area contributed by atoms with Crippen LogP contribution in [0.3, 0.4) is 0 Å². The molecule has 1 heterocycles. The number of fused-ring (bicyclic) bond motifs is 1. The van der Waals surface area contributed by atoms with Gasteiger partial charge in [-0.1, -0.05) is 27.5 Å². The molecule has 0 aromatic heterocycles. The molecule has 0 radical (unpaired) electrons. The van der Waals surface area contributed by atoms with Crippen molar-refractivity contribution in [2.75, 3.05) is 0 Å². The molecule has 1 aromatic carbocycles. The molecule has 0 fully saturated rings. The fourth-order valence-electron chi connectivity index (χ4n) is 1.48. The van der Waals surface area contributed by atoms with E-state index in [0.29, 0.717) is 4.47 Å². The number of carbonyl (C=O) groups is 1. The molecule has 1 aromatic rings. The topological polar surface area (TPSA) is 83.8 Å². The Hall–Kier alpha value is -0.390. The molecular weight excluding hydrogens is 322 g/mol. The maximum absolute atomic E-state index is 11.4. The van der Waals surface area contributed by atoms with Gasteiger partial charge in [0.1, 0.15) is 0 Å². The fourth-order valence-corrected chi connectivity index (χ4v) is 3.19. The Labute approximate surface area is 104 Å². The molecule has 5 nitrogen and oxygen atoms in total. The van der Waals surface area contributed by atoms with Crippen molar-refractivity contribution in [1.29, 1.82) is 0 Å². The molecule has 0 bridgehead atoms. The van der Waals surface area contributed by atoms with Gasteiger partial charge in [0.15, 0.2) is 0 Å². The molecule has 0 amide bonds. The van der Waals surface area contributed by atoms with Crippen molar-refractivity contribution in [3.63, 3.8) is 0 Å². The van der Waals surface area contributed by atoms with Crippen molar-refractivity contribution in [1.82, 2.24) is 0 Å². The molecule has 2 rings (SSSR count). The maximum Gasteiger partial charge on any atom is 0.370 e. The van der Waals surface area contributed by atoms with Crippen LogP contribution in [0.5, 0.6) is 0 Å². The second kappa shape index (κ2) is 3.82. The van der Waals surface area contributed by atoms with Gasteiger partial charge < -0.3 is 14.5 Å². The minimum Gasteiger partial charge on any atom is -0.441 e. The van der Waals surface area contributed by atoms with E-state index in [9.17, 15) is 9.36 Å². The SMILES string of the molecule is O=C1OC(P(=O)(O)O)c2cc(Br)cc(Cl)c21. The molecule has 0 saturated carbocycles. The number of rotatable bonds is 1. The molecule has 1 aliphatic heterocycles. The number of cyclic esters (lactones) is 1. The van der Waals surface area contributed by atoms with Crippen LogP contribution in [-0.2, 0) is 9.30 Å². The normalized spacial score (nSPS) is 19.5. The van der Waals surface area contributed by atoms with Gasteiger partial charge in [0.05, 0.1) is 10.6 Å². The molecule has 0 aliphatic carbocycles. The molecule has 0 saturated heterocycles. The lowest BCUT2D eigenvalue weighted by atomic mass is 10.1. The minimum absolute atomic E-state index is 0.0122. The zero-order chi connectivity index (χ0) is 12.1. The number of hydrogen-bond acceptors (Lipinski definition) is 3. The van der Waals surface area contributed by atoms with E-state index in [1.165, 1.54) is 12.1 Å². The highest BCUT2D eigenvalue weighted by molar-refractivity contribution is 9.10. The summed E-state index contributed by atoms with van der Waals surface area (Å²) in [6.07, 6.45) is 0. The van der Waals surface area contributed by atoms with Crippen molar-refractivity contribution < 1.29 is 23.9 Å². The lowest BCUT2D eigenvalue weighted by molar-refractivity contribution is 0.0471. The van der Waals surface area contributed by atoms with Gasteiger partial charge in [0.2, 0.25) is 5.85 Å². The smallest absolute Gasteiger partial charge is 0.370 e. The van der Waals surface area contributed by atoms with Crippen molar-refractivity contribution in [3.05, 3.63) is 32.8 Å². The van der Waals surface area contributed by atoms with E-state index in [4.69, 9.17) is 21.4 Å². The van der Waals surface area contributed by atoms with Crippen LogP contribution < -0.4 is 0 Å². The first kappa shape index (κ1) is 12.1. The molecule has 1 aliphatic rings. The quantitative estimate of drug-likeness (QED) is 0.611. The first-order valence-corrected chi connectivity index (χ1v) is 6.91. The van der Waals surface area contributed by atoms with E-state index < -0.39 is 19.4 Å². The molecule has 16 heavy (non-hydrogen) atoms. The summed E-state index contributed by atoms with van der Waals surface area (Å²) in [5.74, 6) is -2.38. The van der Waals surface area contributed by atoms with Crippen LogP contribution >= 0.6 is 35.1 Å². The highest BCUT2D eigenvalue weighted by Gasteiger charge is 2.43. The molecular formula is C8H5BrClO5P. The van der Waals surface area contributed by atoms with E-state index in [-0.39, 0.29) is 16.1 Å². The first-order valence-electron chi connectivity index (χ1n) is 4.06. The standard InChI is InChI=1S/C8H5BrClO5P/c9-3-1-4-6(5(10)2-3)7(11)15-8(4)16(12,13)14/h1-2,8H,(H2,12,13,14). The zero-order valence-electron chi connectivity index (χ0n) is 7.55.